The fourth-order valence-corrected chi connectivity index (χ4v) is 4.35. The molecule has 1 amide bonds. The molecule has 1 aromatic rings. The number of hydrogen-bond donors (Lipinski definition) is 2. The second kappa shape index (κ2) is 6.90. The molecular formula is C18H22F2N2O4. The molecule has 0 unspecified atom stereocenters. The van der Waals surface area contributed by atoms with Crippen LogP contribution in [0.2, 0.25) is 0 Å². The molecule has 1 saturated heterocycles. The molecule has 0 radical (unpaired) electrons. The van der Waals surface area contributed by atoms with Gasteiger partial charge in [0.15, 0.2) is 11.5 Å². The predicted molar refractivity (Wildman–Crippen MR) is 88.3 cm³/mol. The molecule has 0 spiro atoms. The number of hydrogen-bond acceptors (Lipinski definition) is 5. The zero-order valence-electron chi connectivity index (χ0n) is 14.4. The van der Waals surface area contributed by atoms with Crippen molar-refractivity contribution in [3.63, 3.8) is 0 Å². The quantitative estimate of drug-likeness (QED) is 0.835. The largest absolute Gasteiger partial charge is 0.454 e. The lowest BCUT2D eigenvalue weighted by molar-refractivity contribution is -0.134. The Hall–Kier alpha value is -2.09. The van der Waals surface area contributed by atoms with Crippen LogP contribution in [-0.4, -0.2) is 32.4 Å². The smallest absolute Gasteiger partial charge is 0.387 e. The molecule has 2 heterocycles. The summed E-state index contributed by atoms with van der Waals surface area (Å²) in [6, 6.07) is 2.97. The van der Waals surface area contributed by atoms with Gasteiger partial charge in [0.2, 0.25) is 12.7 Å². The molecule has 2 aliphatic heterocycles. The van der Waals surface area contributed by atoms with E-state index in [1.165, 1.54) is 6.07 Å². The number of halogens is 2. The van der Waals surface area contributed by atoms with Crippen molar-refractivity contribution in [1.82, 2.24) is 10.6 Å². The van der Waals surface area contributed by atoms with Crippen molar-refractivity contribution in [2.24, 2.45) is 11.3 Å². The standard InChI is InChI=1S/C18H22F2N2O4/c19-17(20)26-13-6-15-14(24-10-25-15)5-11(13)7-22-16(23)18-4-2-1-3-12(18)8-21-9-18/h5-6,12,17,21H,1-4,7-10H2,(H,22,23)/t12-,18+/m0/s1. The average Bonchev–Trinajstić information content (AvgIpc) is 3.25. The number of nitrogens with one attached hydrogen (secondary N) is 2. The first-order chi connectivity index (χ1) is 12.6. The zero-order valence-corrected chi connectivity index (χ0v) is 14.4. The Morgan fingerprint density at radius 3 is 2.96 bits per heavy atom. The van der Waals surface area contributed by atoms with Crippen molar-refractivity contribution >= 4 is 5.91 Å². The third kappa shape index (κ3) is 3.06. The first-order valence-corrected chi connectivity index (χ1v) is 8.95. The number of carbonyl (C=O) groups excluding carboxylic acids is 1. The Morgan fingerprint density at radius 1 is 1.35 bits per heavy atom. The van der Waals surface area contributed by atoms with Gasteiger partial charge in [-0.3, -0.25) is 4.79 Å². The Morgan fingerprint density at radius 2 is 2.15 bits per heavy atom. The van der Waals surface area contributed by atoms with Gasteiger partial charge >= 0.3 is 6.61 Å². The van der Waals surface area contributed by atoms with Gasteiger partial charge in [0, 0.05) is 24.7 Å². The van der Waals surface area contributed by atoms with E-state index >= 15 is 0 Å². The van der Waals surface area contributed by atoms with E-state index in [4.69, 9.17) is 9.47 Å². The molecule has 26 heavy (non-hydrogen) atoms. The van der Waals surface area contributed by atoms with Gasteiger partial charge < -0.3 is 24.8 Å². The van der Waals surface area contributed by atoms with Crippen molar-refractivity contribution in [3.8, 4) is 17.2 Å². The van der Waals surface area contributed by atoms with Gasteiger partial charge in [0.1, 0.15) is 5.75 Å². The van der Waals surface area contributed by atoms with E-state index in [1.54, 1.807) is 6.07 Å². The Balaban J connectivity index is 1.51. The second-order valence-electron chi connectivity index (χ2n) is 7.10. The highest BCUT2D eigenvalue weighted by Crippen LogP contribution is 2.44. The van der Waals surface area contributed by atoms with Crippen LogP contribution in [0.5, 0.6) is 17.2 Å². The Bertz CT molecular complexity index is 700. The van der Waals surface area contributed by atoms with E-state index in [0.717, 1.165) is 32.2 Å². The summed E-state index contributed by atoms with van der Waals surface area (Å²) in [5.74, 6) is 1.14. The van der Waals surface area contributed by atoms with Gasteiger partial charge in [-0.25, -0.2) is 0 Å². The summed E-state index contributed by atoms with van der Waals surface area (Å²) in [6.07, 6.45) is 4.09. The molecule has 0 bridgehead atoms. The Labute approximate surface area is 150 Å². The summed E-state index contributed by atoms with van der Waals surface area (Å²) in [7, 11) is 0. The minimum Gasteiger partial charge on any atom is -0.454 e. The lowest BCUT2D eigenvalue weighted by atomic mass is 9.67. The van der Waals surface area contributed by atoms with Gasteiger partial charge in [0.25, 0.3) is 0 Å². The monoisotopic (exact) mass is 368 g/mol. The molecular weight excluding hydrogens is 346 g/mol. The maximum Gasteiger partial charge on any atom is 0.387 e. The van der Waals surface area contributed by atoms with E-state index < -0.39 is 12.0 Å². The first kappa shape index (κ1) is 17.3. The van der Waals surface area contributed by atoms with Crippen molar-refractivity contribution in [2.75, 3.05) is 19.9 Å². The predicted octanol–water partition coefficient (Wildman–Crippen LogP) is 2.41. The van der Waals surface area contributed by atoms with Gasteiger partial charge in [-0.2, -0.15) is 8.78 Å². The fourth-order valence-electron chi connectivity index (χ4n) is 4.35. The maximum atomic E-state index is 12.9. The van der Waals surface area contributed by atoms with Gasteiger partial charge in [-0.1, -0.05) is 12.8 Å². The third-order valence-electron chi connectivity index (χ3n) is 5.70. The molecule has 2 atom stereocenters. The van der Waals surface area contributed by atoms with Crippen molar-refractivity contribution in [2.45, 2.75) is 38.8 Å². The summed E-state index contributed by atoms with van der Waals surface area (Å²) >= 11 is 0. The summed E-state index contributed by atoms with van der Waals surface area (Å²) < 4.78 is 40.6. The lowest BCUT2D eigenvalue weighted by Crippen LogP contribution is -2.47. The molecule has 8 heteroatoms. The van der Waals surface area contributed by atoms with E-state index in [9.17, 15) is 13.6 Å². The highest BCUT2D eigenvalue weighted by atomic mass is 19.3. The summed E-state index contributed by atoms with van der Waals surface area (Å²) in [5.41, 5.74) is 0.0517. The fraction of sp³-hybridized carbons (Fsp3) is 0.611. The molecule has 2 fully saturated rings. The van der Waals surface area contributed by atoms with Crippen LogP contribution < -0.4 is 24.8 Å². The Kier molecular flexibility index (Phi) is 4.60. The normalized spacial score (nSPS) is 26.7. The topological polar surface area (TPSA) is 68.8 Å². The molecule has 1 aliphatic carbocycles. The minimum absolute atomic E-state index is 0.00760. The van der Waals surface area contributed by atoms with Crippen molar-refractivity contribution in [1.29, 1.82) is 0 Å². The highest BCUT2D eigenvalue weighted by molar-refractivity contribution is 5.84. The second-order valence-corrected chi connectivity index (χ2v) is 7.10. The SMILES string of the molecule is O=C(NCc1cc2c(cc1OC(F)F)OCO2)[C@@]12CCCC[C@H]1CNC2. The molecule has 142 valence electrons. The number of amides is 1. The third-order valence-corrected chi connectivity index (χ3v) is 5.70. The van der Waals surface area contributed by atoms with Crippen molar-refractivity contribution in [3.05, 3.63) is 17.7 Å². The van der Waals surface area contributed by atoms with Crippen molar-refractivity contribution < 1.29 is 27.8 Å². The van der Waals surface area contributed by atoms with Gasteiger partial charge in [0.05, 0.1) is 5.41 Å². The number of benzene rings is 1. The highest BCUT2D eigenvalue weighted by Gasteiger charge is 2.49. The lowest BCUT2D eigenvalue weighted by Gasteiger charge is -2.37. The number of alkyl halides is 2. The van der Waals surface area contributed by atoms with E-state index in [2.05, 4.69) is 15.4 Å². The maximum absolute atomic E-state index is 12.9. The van der Waals surface area contributed by atoms with Crippen LogP contribution in [0.4, 0.5) is 8.78 Å². The van der Waals surface area contributed by atoms with Crippen LogP contribution in [0.1, 0.15) is 31.2 Å². The molecule has 0 aromatic heterocycles. The van der Waals surface area contributed by atoms with E-state index in [1.807, 2.05) is 0 Å². The van der Waals surface area contributed by atoms with Crippen LogP contribution >= 0.6 is 0 Å². The average molecular weight is 368 g/mol. The zero-order chi connectivity index (χ0) is 18.1. The molecule has 2 N–H and O–H groups in total. The number of rotatable bonds is 5. The molecule has 6 nitrogen and oxygen atoms in total. The summed E-state index contributed by atoms with van der Waals surface area (Å²) in [6.45, 7) is -1.28. The van der Waals surface area contributed by atoms with Crippen LogP contribution in [0, 0.1) is 11.3 Å². The van der Waals surface area contributed by atoms with Crippen LogP contribution in [0.15, 0.2) is 12.1 Å². The van der Waals surface area contributed by atoms with E-state index in [-0.39, 0.29) is 25.0 Å². The number of fused-ring (bicyclic) bond motifs is 2. The number of ether oxygens (including phenoxy) is 3. The number of carbonyl (C=O) groups is 1. The molecule has 1 aromatic carbocycles. The van der Waals surface area contributed by atoms with Crippen LogP contribution in [0.25, 0.3) is 0 Å². The summed E-state index contributed by atoms with van der Waals surface area (Å²) in [5, 5.41) is 6.27. The van der Waals surface area contributed by atoms with Gasteiger partial charge in [-0.05, 0) is 31.4 Å². The van der Waals surface area contributed by atoms with Gasteiger partial charge in [-0.15, -0.1) is 0 Å². The molecule has 1 saturated carbocycles. The minimum atomic E-state index is -2.95. The molecule has 4 rings (SSSR count). The van der Waals surface area contributed by atoms with Crippen LogP contribution in [0.3, 0.4) is 0 Å². The van der Waals surface area contributed by atoms with Crippen LogP contribution in [-0.2, 0) is 11.3 Å². The summed E-state index contributed by atoms with van der Waals surface area (Å²) in [4.78, 5) is 12.9. The molecule has 3 aliphatic rings. The first-order valence-electron chi connectivity index (χ1n) is 8.95. The van der Waals surface area contributed by atoms with E-state index in [0.29, 0.717) is 29.5 Å².